The number of halogens is 1. The second-order valence-corrected chi connectivity index (χ2v) is 6.69. The van der Waals surface area contributed by atoms with Crippen LogP contribution in [0.1, 0.15) is 19.4 Å². The van der Waals surface area contributed by atoms with Crippen molar-refractivity contribution in [3.8, 4) is 0 Å². The number of carbonyl (C=O) groups excluding carboxylic acids is 2. The molecule has 1 N–H and O–H groups in total. The summed E-state index contributed by atoms with van der Waals surface area (Å²) in [5.41, 5.74) is 0.963. The van der Waals surface area contributed by atoms with Gasteiger partial charge in [0, 0.05) is 6.42 Å². The molecule has 5 heteroatoms. The minimum Gasteiger partial charge on any atom is -0.467 e. The summed E-state index contributed by atoms with van der Waals surface area (Å²) in [5, 5.41) is 2.70. The molecule has 1 aromatic carbocycles. The predicted octanol–water partition coefficient (Wildman–Crippen LogP) is 2.06. The van der Waals surface area contributed by atoms with E-state index in [2.05, 4.69) is 21.2 Å². The topological polar surface area (TPSA) is 55.4 Å². The summed E-state index contributed by atoms with van der Waals surface area (Å²) in [6, 6.07) is 8.80. The summed E-state index contributed by atoms with van der Waals surface area (Å²) >= 11 is 3.26. The van der Waals surface area contributed by atoms with E-state index in [-0.39, 0.29) is 5.91 Å². The van der Waals surface area contributed by atoms with Crippen LogP contribution < -0.4 is 5.32 Å². The third-order valence-corrected chi connectivity index (χ3v) is 2.97. The molecule has 0 aromatic heterocycles. The summed E-state index contributed by atoms with van der Waals surface area (Å²) in [4.78, 5) is 23.6. The molecule has 0 aliphatic heterocycles. The molecule has 1 aromatic rings. The van der Waals surface area contributed by atoms with Crippen molar-refractivity contribution in [2.24, 2.45) is 0 Å². The molecular weight excluding hydrogens is 310 g/mol. The quantitative estimate of drug-likeness (QED) is 0.665. The zero-order chi connectivity index (χ0) is 14.5. The first kappa shape index (κ1) is 15.7. The second-order valence-electron chi connectivity index (χ2n) is 4.71. The summed E-state index contributed by atoms with van der Waals surface area (Å²) < 4.78 is 4.00. The number of amides is 1. The lowest BCUT2D eigenvalue weighted by atomic mass is 10.1. The van der Waals surface area contributed by atoms with Crippen molar-refractivity contribution in [2.75, 3.05) is 7.11 Å². The van der Waals surface area contributed by atoms with E-state index < -0.39 is 16.3 Å². The van der Waals surface area contributed by atoms with E-state index in [0.29, 0.717) is 6.42 Å². The highest BCUT2D eigenvalue weighted by atomic mass is 79.9. The largest absolute Gasteiger partial charge is 0.467 e. The normalized spacial score (nSPS) is 12.6. The van der Waals surface area contributed by atoms with Gasteiger partial charge in [-0.15, -0.1) is 0 Å². The van der Waals surface area contributed by atoms with Gasteiger partial charge in [0.15, 0.2) is 0 Å². The minimum atomic E-state index is -0.726. The van der Waals surface area contributed by atoms with Crippen LogP contribution in [0.5, 0.6) is 0 Å². The zero-order valence-corrected chi connectivity index (χ0v) is 12.9. The molecule has 19 heavy (non-hydrogen) atoms. The van der Waals surface area contributed by atoms with E-state index in [1.165, 1.54) is 7.11 Å². The number of hydrogen-bond donors (Lipinski definition) is 1. The fourth-order valence-electron chi connectivity index (χ4n) is 1.52. The van der Waals surface area contributed by atoms with Gasteiger partial charge in [0.1, 0.15) is 6.04 Å². The van der Waals surface area contributed by atoms with Gasteiger partial charge in [-0.25, -0.2) is 4.79 Å². The second kappa shape index (κ2) is 6.70. The van der Waals surface area contributed by atoms with Crippen molar-refractivity contribution in [3.05, 3.63) is 35.9 Å². The number of rotatable bonds is 5. The van der Waals surface area contributed by atoms with E-state index in [0.717, 1.165) is 5.56 Å². The highest BCUT2D eigenvalue weighted by Crippen LogP contribution is 2.16. The number of carbonyl (C=O) groups is 2. The first-order valence-electron chi connectivity index (χ1n) is 5.96. The number of hydrogen-bond acceptors (Lipinski definition) is 3. The molecule has 0 heterocycles. The molecule has 0 saturated carbocycles. The summed E-state index contributed by atoms with van der Waals surface area (Å²) in [6.45, 7) is 3.44. The average Bonchev–Trinajstić information content (AvgIpc) is 2.37. The van der Waals surface area contributed by atoms with Crippen molar-refractivity contribution in [1.82, 2.24) is 5.32 Å². The Kier molecular flexibility index (Phi) is 5.54. The van der Waals surface area contributed by atoms with Crippen molar-refractivity contribution < 1.29 is 14.3 Å². The first-order valence-corrected chi connectivity index (χ1v) is 6.75. The number of benzene rings is 1. The van der Waals surface area contributed by atoms with Crippen LogP contribution in [0.4, 0.5) is 0 Å². The Morgan fingerprint density at radius 1 is 1.32 bits per heavy atom. The van der Waals surface area contributed by atoms with Crippen molar-refractivity contribution in [3.63, 3.8) is 0 Å². The average molecular weight is 328 g/mol. The summed E-state index contributed by atoms with van der Waals surface area (Å²) in [5.74, 6) is -0.701. The third-order valence-electron chi connectivity index (χ3n) is 2.61. The molecule has 0 bridgehead atoms. The molecule has 1 unspecified atom stereocenters. The van der Waals surface area contributed by atoms with Gasteiger partial charge < -0.3 is 10.1 Å². The fourth-order valence-corrected chi connectivity index (χ4v) is 1.63. The van der Waals surface area contributed by atoms with Crippen LogP contribution in [0, 0.1) is 0 Å². The Balaban J connectivity index is 2.79. The Morgan fingerprint density at radius 2 is 1.89 bits per heavy atom. The number of methoxy groups -OCH3 is 1. The summed E-state index contributed by atoms with van der Waals surface area (Å²) in [6.07, 6.45) is 0.405. The molecule has 1 rings (SSSR count). The molecule has 0 saturated heterocycles. The van der Waals surface area contributed by atoms with Gasteiger partial charge in [0.2, 0.25) is 5.91 Å². The molecule has 1 amide bonds. The van der Waals surface area contributed by atoms with E-state index in [1.54, 1.807) is 13.8 Å². The standard InChI is InChI=1S/C14H18BrNO3/c1-14(2,15)13(18)16-11(12(17)19-3)9-10-7-5-4-6-8-10/h4-8,11H,9H2,1-3H3,(H,16,18). The molecule has 0 aliphatic carbocycles. The lowest BCUT2D eigenvalue weighted by Crippen LogP contribution is -2.48. The molecule has 0 aliphatic rings. The maximum absolute atomic E-state index is 11.9. The highest BCUT2D eigenvalue weighted by Gasteiger charge is 2.29. The fraction of sp³-hybridized carbons (Fsp3) is 0.429. The molecule has 104 valence electrons. The van der Waals surface area contributed by atoms with Crippen LogP contribution >= 0.6 is 15.9 Å². The van der Waals surface area contributed by atoms with Gasteiger partial charge in [-0.3, -0.25) is 4.79 Å². The van der Waals surface area contributed by atoms with Crippen LogP contribution in [0.3, 0.4) is 0 Å². The predicted molar refractivity (Wildman–Crippen MR) is 77.1 cm³/mol. The van der Waals surface area contributed by atoms with Gasteiger partial charge >= 0.3 is 5.97 Å². The highest BCUT2D eigenvalue weighted by molar-refractivity contribution is 9.10. The lowest BCUT2D eigenvalue weighted by Gasteiger charge is -2.21. The molecule has 0 fully saturated rings. The zero-order valence-electron chi connectivity index (χ0n) is 11.3. The van der Waals surface area contributed by atoms with E-state index in [1.807, 2.05) is 30.3 Å². The van der Waals surface area contributed by atoms with Gasteiger partial charge in [-0.2, -0.15) is 0 Å². The molecular formula is C14H18BrNO3. The number of ether oxygens (including phenoxy) is 1. The Morgan fingerprint density at radius 3 is 2.37 bits per heavy atom. The number of alkyl halides is 1. The van der Waals surface area contributed by atoms with E-state index >= 15 is 0 Å². The van der Waals surface area contributed by atoms with E-state index in [9.17, 15) is 9.59 Å². The summed E-state index contributed by atoms with van der Waals surface area (Å²) in [7, 11) is 1.31. The Bertz CT molecular complexity index is 440. The SMILES string of the molecule is COC(=O)C(Cc1ccccc1)NC(=O)C(C)(C)Br. The first-order chi connectivity index (χ1) is 8.84. The van der Waals surface area contributed by atoms with E-state index in [4.69, 9.17) is 4.74 Å². The molecule has 1 atom stereocenters. The van der Waals surface area contributed by atoms with Gasteiger partial charge in [0.25, 0.3) is 0 Å². The molecule has 4 nitrogen and oxygen atoms in total. The number of esters is 1. The monoisotopic (exact) mass is 327 g/mol. The number of nitrogens with one attached hydrogen (secondary N) is 1. The van der Waals surface area contributed by atoms with Gasteiger partial charge in [-0.05, 0) is 19.4 Å². The Labute approximate surface area is 121 Å². The van der Waals surface area contributed by atoms with Crippen LogP contribution in [0.15, 0.2) is 30.3 Å². The van der Waals surface area contributed by atoms with Crippen LogP contribution in [0.25, 0.3) is 0 Å². The van der Waals surface area contributed by atoms with Crippen LogP contribution in [-0.4, -0.2) is 29.4 Å². The van der Waals surface area contributed by atoms with Gasteiger partial charge in [-0.1, -0.05) is 46.3 Å². The van der Waals surface area contributed by atoms with Crippen molar-refractivity contribution in [2.45, 2.75) is 30.6 Å². The molecule has 0 spiro atoms. The minimum absolute atomic E-state index is 0.251. The van der Waals surface area contributed by atoms with Crippen LogP contribution in [-0.2, 0) is 20.7 Å². The smallest absolute Gasteiger partial charge is 0.328 e. The van der Waals surface area contributed by atoms with Crippen LogP contribution in [0.2, 0.25) is 0 Å². The Hall–Kier alpha value is -1.36. The van der Waals surface area contributed by atoms with Crippen molar-refractivity contribution in [1.29, 1.82) is 0 Å². The lowest BCUT2D eigenvalue weighted by molar-refractivity contribution is -0.145. The molecule has 0 radical (unpaired) electrons. The maximum Gasteiger partial charge on any atom is 0.328 e. The van der Waals surface area contributed by atoms with Crippen molar-refractivity contribution >= 4 is 27.8 Å². The van der Waals surface area contributed by atoms with Gasteiger partial charge in [0.05, 0.1) is 11.4 Å². The third kappa shape index (κ3) is 5.03. The maximum atomic E-state index is 11.9.